The maximum absolute atomic E-state index is 12.4. The highest BCUT2D eigenvalue weighted by molar-refractivity contribution is 7.89. The number of nitrogens with zero attached hydrogens (tertiary/aromatic N) is 1. The molecule has 0 aromatic carbocycles. The second-order valence-electron chi connectivity index (χ2n) is 4.48. The molecule has 0 amide bonds. The molecule has 112 valence electrons. The topological polar surface area (TPSA) is 96.4 Å². The molecule has 0 bridgehead atoms. The van der Waals surface area contributed by atoms with Gasteiger partial charge in [0.05, 0.1) is 11.7 Å². The molecule has 1 atom stereocenters. The molecule has 0 radical (unpaired) electrons. The van der Waals surface area contributed by atoms with Crippen molar-refractivity contribution in [1.82, 2.24) is 9.71 Å². The van der Waals surface area contributed by atoms with Crippen LogP contribution in [0.5, 0.6) is 0 Å². The average Bonchev–Trinajstić information content (AvgIpc) is 2.82. The lowest BCUT2D eigenvalue weighted by molar-refractivity contribution is 0.0698. The fraction of sp³-hybridized carbons (Fsp3) is 0.231. The molecule has 8 heteroatoms. The summed E-state index contributed by atoms with van der Waals surface area (Å²) in [5, 5.41) is 10.6. The van der Waals surface area contributed by atoms with Crippen molar-refractivity contribution >= 4 is 27.3 Å². The summed E-state index contributed by atoms with van der Waals surface area (Å²) in [4.78, 5) is 14.9. The van der Waals surface area contributed by atoms with Crippen LogP contribution in [0.3, 0.4) is 0 Å². The van der Waals surface area contributed by atoms with E-state index in [4.69, 9.17) is 5.11 Å². The van der Waals surface area contributed by atoms with Crippen molar-refractivity contribution in [3.63, 3.8) is 0 Å². The zero-order chi connectivity index (χ0) is 15.6. The summed E-state index contributed by atoms with van der Waals surface area (Å²) >= 11 is 0.900. The fourth-order valence-electron chi connectivity index (χ4n) is 1.90. The molecule has 0 aliphatic rings. The van der Waals surface area contributed by atoms with Crippen LogP contribution < -0.4 is 4.72 Å². The monoisotopic (exact) mass is 326 g/mol. The molecule has 2 rings (SSSR count). The largest absolute Gasteiger partial charge is 0.477 e. The summed E-state index contributed by atoms with van der Waals surface area (Å²) < 4.78 is 27.3. The Morgan fingerprint density at radius 1 is 1.43 bits per heavy atom. The fourth-order valence-corrected chi connectivity index (χ4v) is 4.75. The van der Waals surface area contributed by atoms with E-state index in [0.29, 0.717) is 11.3 Å². The molecular formula is C13H14N2O4S2. The summed E-state index contributed by atoms with van der Waals surface area (Å²) in [6.07, 6.45) is 1.57. The Hall–Kier alpha value is -1.77. The van der Waals surface area contributed by atoms with Gasteiger partial charge >= 0.3 is 5.97 Å². The van der Waals surface area contributed by atoms with Gasteiger partial charge in [-0.15, -0.1) is 11.3 Å². The summed E-state index contributed by atoms with van der Waals surface area (Å²) in [7, 11) is -3.93. The lowest BCUT2D eigenvalue weighted by Crippen LogP contribution is -2.28. The van der Waals surface area contributed by atoms with Crippen LogP contribution >= 0.6 is 11.3 Å². The Kier molecular flexibility index (Phi) is 4.40. The first-order valence-electron chi connectivity index (χ1n) is 6.07. The molecule has 0 aliphatic heterocycles. The number of rotatable bonds is 5. The van der Waals surface area contributed by atoms with Gasteiger partial charge < -0.3 is 5.11 Å². The predicted octanol–water partition coefficient (Wildman–Crippen LogP) is 2.19. The standard InChI is InChI=1S/C13H14N2O4S2/c1-8-7-20-11(13(16)17)12(8)21(18,19)15-9(2)10-5-3-4-6-14-10/h3-7,9,15H,1-2H3,(H,16,17)/t9-/m1/s1. The number of sulfonamides is 1. The third-order valence-electron chi connectivity index (χ3n) is 2.84. The van der Waals surface area contributed by atoms with Crippen LogP contribution in [0.2, 0.25) is 0 Å². The van der Waals surface area contributed by atoms with Crippen molar-refractivity contribution in [2.45, 2.75) is 24.8 Å². The Bertz CT molecular complexity index is 754. The third-order valence-corrected chi connectivity index (χ3v) is 5.79. The van der Waals surface area contributed by atoms with Crippen molar-refractivity contribution in [3.05, 3.63) is 45.9 Å². The van der Waals surface area contributed by atoms with E-state index in [1.165, 1.54) is 5.38 Å². The second-order valence-corrected chi connectivity index (χ2v) is 7.01. The van der Waals surface area contributed by atoms with Crippen LogP contribution in [0.15, 0.2) is 34.7 Å². The van der Waals surface area contributed by atoms with Gasteiger partial charge in [-0.05, 0) is 36.9 Å². The molecule has 2 heterocycles. The Morgan fingerprint density at radius 2 is 2.14 bits per heavy atom. The highest BCUT2D eigenvalue weighted by Crippen LogP contribution is 2.28. The number of hydrogen-bond acceptors (Lipinski definition) is 5. The predicted molar refractivity (Wildman–Crippen MR) is 79.0 cm³/mol. The maximum Gasteiger partial charge on any atom is 0.347 e. The van der Waals surface area contributed by atoms with Crippen LogP contribution in [0.4, 0.5) is 0 Å². The van der Waals surface area contributed by atoms with E-state index in [0.717, 1.165) is 11.3 Å². The first kappa shape index (κ1) is 15.6. The molecule has 2 aromatic rings. The van der Waals surface area contributed by atoms with E-state index in [9.17, 15) is 13.2 Å². The lowest BCUT2D eigenvalue weighted by atomic mass is 10.2. The Morgan fingerprint density at radius 3 is 2.71 bits per heavy atom. The highest BCUT2D eigenvalue weighted by atomic mass is 32.2. The number of thiophene rings is 1. The van der Waals surface area contributed by atoms with Gasteiger partial charge in [0.25, 0.3) is 0 Å². The van der Waals surface area contributed by atoms with Gasteiger partial charge in [0, 0.05) is 6.20 Å². The lowest BCUT2D eigenvalue weighted by Gasteiger charge is -2.14. The van der Waals surface area contributed by atoms with Gasteiger partial charge in [0.1, 0.15) is 9.77 Å². The first-order valence-corrected chi connectivity index (χ1v) is 8.44. The van der Waals surface area contributed by atoms with Gasteiger partial charge in [0.2, 0.25) is 10.0 Å². The van der Waals surface area contributed by atoms with Crippen molar-refractivity contribution in [2.24, 2.45) is 0 Å². The minimum Gasteiger partial charge on any atom is -0.477 e. The molecule has 0 spiro atoms. The third kappa shape index (κ3) is 3.29. The summed E-state index contributed by atoms with van der Waals surface area (Å²) in [6.45, 7) is 3.23. The average molecular weight is 326 g/mol. The van der Waals surface area contributed by atoms with Crippen molar-refractivity contribution in [3.8, 4) is 0 Å². The van der Waals surface area contributed by atoms with Gasteiger partial charge in [0.15, 0.2) is 0 Å². The van der Waals surface area contributed by atoms with E-state index in [1.54, 1.807) is 38.2 Å². The van der Waals surface area contributed by atoms with Crippen LogP contribution in [0.1, 0.15) is 33.9 Å². The maximum atomic E-state index is 12.4. The summed E-state index contributed by atoms with van der Waals surface area (Å²) in [5.74, 6) is -1.25. The van der Waals surface area contributed by atoms with Crippen molar-refractivity contribution in [1.29, 1.82) is 0 Å². The molecule has 0 unspecified atom stereocenters. The molecule has 2 N–H and O–H groups in total. The molecule has 2 aromatic heterocycles. The number of carbonyl (C=O) groups is 1. The number of carboxylic acid groups (broad SMARTS) is 1. The molecule has 0 aliphatic carbocycles. The number of aryl methyl sites for hydroxylation is 1. The number of aromatic nitrogens is 1. The summed E-state index contributed by atoms with van der Waals surface area (Å²) in [5.41, 5.74) is 0.976. The summed E-state index contributed by atoms with van der Waals surface area (Å²) in [6, 6.07) is 4.63. The van der Waals surface area contributed by atoms with Gasteiger partial charge in [-0.1, -0.05) is 6.07 Å². The molecule has 6 nitrogen and oxygen atoms in total. The minimum absolute atomic E-state index is 0.178. The van der Waals surface area contributed by atoms with Crippen LogP contribution in [0, 0.1) is 6.92 Å². The van der Waals surface area contributed by atoms with E-state index in [2.05, 4.69) is 9.71 Å². The van der Waals surface area contributed by atoms with Gasteiger partial charge in [-0.25, -0.2) is 17.9 Å². The van der Waals surface area contributed by atoms with Crippen molar-refractivity contribution < 1.29 is 18.3 Å². The Labute approximate surface area is 126 Å². The molecule has 0 saturated heterocycles. The normalized spacial score (nSPS) is 13.0. The number of carboxylic acids is 1. The van der Waals surface area contributed by atoms with E-state index in [1.807, 2.05) is 0 Å². The van der Waals surface area contributed by atoms with E-state index in [-0.39, 0.29) is 9.77 Å². The zero-order valence-electron chi connectivity index (χ0n) is 11.4. The SMILES string of the molecule is Cc1csc(C(=O)O)c1S(=O)(=O)N[C@H](C)c1ccccn1. The second kappa shape index (κ2) is 5.92. The molecule has 0 saturated carbocycles. The molecular weight excluding hydrogens is 312 g/mol. The Balaban J connectivity index is 2.36. The first-order chi connectivity index (χ1) is 9.83. The number of aromatic carboxylic acids is 1. The molecule has 21 heavy (non-hydrogen) atoms. The minimum atomic E-state index is -3.93. The van der Waals surface area contributed by atoms with E-state index >= 15 is 0 Å². The van der Waals surface area contributed by atoms with Crippen LogP contribution in [0.25, 0.3) is 0 Å². The number of hydrogen-bond donors (Lipinski definition) is 2. The quantitative estimate of drug-likeness (QED) is 0.878. The smallest absolute Gasteiger partial charge is 0.347 e. The van der Waals surface area contributed by atoms with Crippen molar-refractivity contribution in [2.75, 3.05) is 0 Å². The van der Waals surface area contributed by atoms with Crippen LogP contribution in [-0.2, 0) is 10.0 Å². The van der Waals surface area contributed by atoms with Gasteiger partial charge in [-0.3, -0.25) is 4.98 Å². The van der Waals surface area contributed by atoms with Crippen LogP contribution in [-0.4, -0.2) is 24.5 Å². The number of pyridine rings is 1. The highest BCUT2D eigenvalue weighted by Gasteiger charge is 2.28. The van der Waals surface area contributed by atoms with Gasteiger partial charge in [-0.2, -0.15) is 0 Å². The number of nitrogens with one attached hydrogen (secondary N) is 1. The van der Waals surface area contributed by atoms with E-state index < -0.39 is 22.0 Å². The zero-order valence-corrected chi connectivity index (χ0v) is 13.0. The molecule has 0 fully saturated rings.